The second-order valence-corrected chi connectivity index (χ2v) is 4.92. The predicted molar refractivity (Wildman–Crippen MR) is 65.4 cm³/mol. The summed E-state index contributed by atoms with van der Waals surface area (Å²) < 4.78 is 37.6. The quantitative estimate of drug-likeness (QED) is 0.660. The molecule has 0 bridgehead atoms. The SMILES string of the molecule is O=[N+]([O-])c1cc(C(F)(F)F)ccc1NCC1(O)CCC1. The Morgan fingerprint density at radius 2 is 2.05 bits per heavy atom. The molecule has 0 saturated heterocycles. The highest BCUT2D eigenvalue weighted by Gasteiger charge is 2.36. The topological polar surface area (TPSA) is 75.4 Å². The minimum Gasteiger partial charge on any atom is -0.388 e. The van der Waals surface area contributed by atoms with Gasteiger partial charge in [0, 0.05) is 12.6 Å². The van der Waals surface area contributed by atoms with Crippen LogP contribution in [0.2, 0.25) is 0 Å². The van der Waals surface area contributed by atoms with Crippen LogP contribution in [-0.2, 0) is 6.18 Å². The van der Waals surface area contributed by atoms with Crippen molar-refractivity contribution in [1.29, 1.82) is 0 Å². The second kappa shape index (κ2) is 4.93. The van der Waals surface area contributed by atoms with Gasteiger partial charge in [-0.3, -0.25) is 10.1 Å². The second-order valence-electron chi connectivity index (χ2n) is 4.92. The summed E-state index contributed by atoms with van der Waals surface area (Å²) in [6.45, 7) is 0.0825. The lowest BCUT2D eigenvalue weighted by Gasteiger charge is -2.36. The summed E-state index contributed by atoms with van der Waals surface area (Å²) in [5, 5.41) is 23.4. The molecule has 2 N–H and O–H groups in total. The van der Waals surface area contributed by atoms with E-state index in [4.69, 9.17) is 0 Å². The zero-order chi connectivity index (χ0) is 15.0. The summed E-state index contributed by atoms with van der Waals surface area (Å²) in [7, 11) is 0. The van der Waals surface area contributed by atoms with Crippen molar-refractivity contribution in [3.8, 4) is 0 Å². The highest BCUT2D eigenvalue weighted by molar-refractivity contribution is 5.63. The normalized spacial score (nSPS) is 17.4. The van der Waals surface area contributed by atoms with Crippen LogP contribution in [0, 0.1) is 10.1 Å². The van der Waals surface area contributed by atoms with Gasteiger partial charge in [0.2, 0.25) is 0 Å². The molecule has 0 amide bonds. The molecule has 0 heterocycles. The van der Waals surface area contributed by atoms with Crippen LogP contribution in [0.3, 0.4) is 0 Å². The van der Waals surface area contributed by atoms with Crippen molar-refractivity contribution < 1.29 is 23.2 Å². The molecule has 8 heteroatoms. The largest absolute Gasteiger partial charge is 0.416 e. The Hall–Kier alpha value is -1.83. The molecule has 20 heavy (non-hydrogen) atoms. The molecule has 1 saturated carbocycles. The van der Waals surface area contributed by atoms with E-state index in [1.807, 2.05) is 0 Å². The number of alkyl halides is 3. The summed E-state index contributed by atoms with van der Waals surface area (Å²) in [5.41, 5.74) is -2.67. The molecule has 0 radical (unpaired) electrons. The monoisotopic (exact) mass is 290 g/mol. The maximum Gasteiger partial charge on any atom is 0.416 e. The standard InChI is InChI=1S/C12H13F3N2O3/c13-12(14,15)8-2-3-9(10(6-8)17(19)20)16-7-11(18)4-1-5-11/h2-3,6,16,18H,1,4-5,7H2. The van der Waals surface area contributed by atoms with Crippen molar-refractivity contribution in [2.45, 2.75) is 31.0 Å². The molecule has 2 rings (SSSR count). The van der Waals surface area contributed by atoms with E-state index >= 15 is 0 Å². The molecule has 0 atom stereocenters. The van der Waals surface area contributed by atoms with Crippen LogP contribution in [0.1, 0.15) is 24.8 Å². The zero-order valence-corrected chi connectivity index (χ0v) is 10.4. The van der Waals surface area contributed by atoms with Gasteiger partial charge in [-0.25, -0.2) is 0 Å². The summed E-state index contributed by atoms with van der Waals surface area (Å²) in [5.74, 6) is 0. The highest BCUT2D eigenvalue weighted by atomic mass is 19.4. The maximum absolute atomic E-state index is 12.5. The van der Waals surface area contributed by atoms with Crippen LogP contribution in [0.15, 0.2) is 18.2 Å². The Kier molecular flexibility index (Phi) is 3.59. The first-order chi connectivity index (χ1) is 9.21. The van der Waals surface area contributed by atoms with E-state index in [-0.39, 0.29) is 12.2 Å². The lowest BCUT2D eigenvalue weighted by atomic mass is 9.80. The van der Waals surface area contributed by atoms with Crippen LogP contribution in [0.25, 0.3) is 0 Å². The molecule has 5 nitrogen and oxygen atoms in total. The van der Waals surface area contributed by atoms with E-state index in [0.717, 1.165) is 18.6 Å². The first kappa shape index (κ1) is 14.6. The lowest BCUT2D eigenvalue weighted by molar-refractivity contribution is -0.384. The number of nitrogens with one attached hydrogen (secondary N) is 1. The predicted octanol–water partition coefficient (Wildman–Crippen LogP) is 2.94. The molecular formula is C12H13F3N2O3. The summed E-state index contributed by atoms with van der Waals surface area (Å²) in [4.78, 5) is 9.97. The van der Waals surface area contributed by atoms with Crippen molar-refractivity contribution >= 4 is 11.4 Å². The summed E-state index contributed by atoms with van der Waals surface area (Å²) >= 11 is 0. The molecule has 0 spiro atoms. The van der Waals surface area contributed by atoms with E-state index in [1.54, 1.807) is 0 Å². The number of hydrogen-bond donors (Lipinski definition) is 2. The van der Waals surface area contributed by atoms with Gasteiger partial charge in [-0.2, -0.15) is 13.2 Å². The number of aliphatic hydroxyl groups is 1. The average molecular weight is 290 g/mol. The van der Waals surface area contributed by atoms with Gasteiger partial charge >= 0.3 is 6.18 Å². The van der Waals surface area contributed by atoms with Gasteiger partial charge in [-0.15, -0.1) is 0 Å². The van der Waals surface area contributed by atoms with Crippen LogP contribution in [0.5, 0.6) is 0 Å². The Bertz CT molecular complexity index is 527. The molecule has 1 fully saturated rings. The van der Waals surface area contributed by atoms with Gasteiger partial charge in [0.05, 0.1) is 16.1 Å². The van der Waals surface area contributed by atoms with E-state index in [1.165, 1.54) is 0 Å². The molecule has 110 valence electrons. The number of benzene rings is 1. The molecule has 0 aliphatic heterocycles. The third-order valence-corrected chi connectivity index (χ3v) is 3.41. The van der Waals surface area contributed by atoms with E-state index < -0.39 is 28.0 Å². The zero-order valence-electron chi connectivity index (χ0n) is 10.4. The van der Waals surface area contributed by atoms with Crippen molar-refractivity contribution in [2.24, 2.45) is 0 Å². The molecule has 0 unspecified atom stereocenters. The molecule has 1 aromatic rings. The molecule has 1 aromatic carbocycles. The van der Waals surface area contributed by atoms with Gasteiger partial charge in [0.15, 0.2) is 0 Å². The van der Waals surface area contributed by atoms with Crippen LogP contribution >= 0.6 is 0 Å². The number of hydrogen-bond acceptors (Lipinski definition) is 4. The fraction of sp³-hybridized carbons (Fsp3) is 0.500. The van der Waals surface area contributed by atoms with Gasteiger partial charge in [-0.1, -0.05) is 0 Å². The number of halogens is 3. The van der Waals surface area contributed by atoms with Crippen LogP contribution < -0.4 is 5.32 Å². The smallest absolute Gasteiger partial charge is 0.388 e. The molecule has 1 aliphatic rings. The fourth-order valence-electron chi connectivity index (χ4n) is 2.03. The number of nitro benzene ring substituents is 1. The Morgan fingerprint density at radius 3 is 2.50 bits per heavy atom. The number of nitro groups is 1. The first-order valence-electron chi connectivity index (χ1n) is 6.03. The van der Waals surface area contributed by atoms with Gasteiger partial charge in [-0.05, 0) is 31.4 Å². The van der Waals surface area contributed by atoms with Crippen LogP contribution in [-0.4, -0.2) is 22.2 Å². The first-order valence-corrected chi connectivity index (χ1v) is 6.03. The minimum absolute atomic E-state index is 0.0247. The summed E-state index contributed by atoms with van der Waals surface area (Å²) in [6.07, 6.45) is -2.61. The number of anilines is 1. The Balaban J connectivity index is 2.21. The van der Waals surface area contributed by atoms with Crippen LogP contribution in [0.4, 0.5) is 24.5 Å². The fourth-order valence-corrected chi connectivity index (χ4v) is 2.03. The van der Waals surface area contributed by atoms with Crippen molar-refractivity contribution in [2.75, 3.05) is 11.9 Å². The van der Waals surface area contributed by atoms with E-state index in [0.29, 0.717) is 18.9 Å². The lowest BCUT2D eigenvalue weighted by Crippen LogP contribution is -2.43. The number of nitrogens with zero attached hydrogens (tertiary/aromatic N) is 1. The van der Waals surface area contributed by atoms with Crippen molar-refractivity contribution in [3.05, 3.63) is 33.9 Å². The Morgan fingerprint density at radius 1 is 1.40 bits per heavy atom. The molecule has 0 aromatic heterocycles. The summed E-state index contributed by atoms with van der Waals surface area (Å²) in [6, 6.07) is 2.29. The third-order valence-electron chi connectivity index (χ3n) is 3.41. The molecular weight excluding hydrogens is 277 g/mol. The van der Waals surface area contributed by atoms with Gasteiger partial charge < -0.3 is 10.4 Å². The van der Waals surface area contributed by atoms with E-state index in [9.17, 15) is 28.4 Å². The maximum atomic E-state index is 12.5. The van der Waals surface area contributed by atoms with Gasteiger partial charge in [0.25, 0.3) is 5.69 Å². The van der Waals surface area contributed by atoms with Gasteiger partial charge in [0.1, 0.15) is 5.69 Å². The number of rotatable bonds is 4. The Labute approximate surface area is 112 Å². The van der Waals surface area contributed by atoms with E-state index in [2.05, 4.69) is 5.32 Å². The third kappa shape index (κ3) is 3.01. The highest BCUT2D eigenvalue weighted by Crippen LogP contribution is 2.36. The minimum atomic E-state index is -4.63. The average Bonchev–Trinajstić information content (AvgIpc) is 2.32. The van der Waals surface area contributed by atoms with Crippen molar-refractivity contribution in [3.63, 3.8) is 0 Å². The van der Waals surface area contributed by atoms with Crippen molar-refractivity contribution in [1.82, 2.24) is 0 Å². The molecule has 1 aliphatic carbocycles.